The lowest BCUT2D eigenvalue weighted by Gasteiger charge is -1.96. The van der Waals surface area contributed by atoms with Crippen LogP contribution in [0.15, 0.2) is 41.3 Å². The van der Waals surface area contributed by atoms with Gasteiger partial charge in [0.2, 0.25) is 0 Å². The molecule has 0 fully saturated rings. The Bertz CT molecular complexity index is 836. The lowest BCUT2D eigenvalue weighted by molar-refractivity contribution is -0.136. The SMILES string of the molecule is O=C(O)Cc1cnc2nc(-c3ccccc3)[nH]n2c1=O. The summed E-state index contributed by atoms with van der Waals surface area (Å²) in [6.07, 6.45) is 0.885. The fourth-order valence-corrected chi connectivity index (χ4v) is 1.90. The number of aromatic nitrogens is 4. The van der Waals surface area contributed by atoms with Crippen molar-refractivity contribution in [3.05, 3.63) is 52.4 Å². The Morgan fingerprint density at radius 3 is 2.75 bits per heavy atom. The minimum absolute atomic E-state index is 0.110. The molecule has 1 aromatic carbocycles. The number of aliphatic carboxylic acids is 1. The van der Waals surface area contributed by atoms with E-state index in [0.29, 0.717) is 5.82 Å². The zero-order valence-electron chi connectivity index (χ0n) is 10.3. The highest BCUT2D eigenvalue weighted by atomic mass is 16.4. The number of benzene rings is 1. The summed E-state index contributed by atoms with van der Waals surface area (Å²) in [5.74, 6) is -0.364. The van der Waals surface area contributed by atoms with Gasteiger partial charge in [0.1, 0.15) is 0 Å². The normalized spacial score (nSPS) is 10.8. The number of carbonyl (C=O) groups is 1. The van der Waals surface area contributed by atoms with E-state index in [9.17, 15) is 9.59 Å². The van der Waals surface area contributed by atoms with E-state index in [1.165, 1.54) is 6.20 Å². The van der Waals surface area contributed by atoms with Gasteiger partial charge in [0.25, 0.3) is 11.3 Å². The minimum Gasteiger partial charge on any atom is -0.481 e. The summed E-state index contributed by atoms with van der Waals surface area (Å²) in [5.41, 5.74) is 0.475. The van der Waals surface area contributed by atoms with Crippen LogP contribution in [0.4, 0.5) is 0 Å². The van der Waals surface area contributed by atoms with Crippen LogP contribution in [0.25, 0.3) is 17.2 Å². The molecule has 0 atom stereocenters. The molecule has 0 bridgehead atoms. The quantitative estimate of drug-likeness (QED) is 0.730. The molecule has 0 aliphatic rings. The molecule has 100 valence electrons. The summed E-state index contributed by atoms with van der Waals surface area (Å²) in [6.45, 7) is 0. The van der Waals surface area contributed by atoms with Crippen LogP contribution in [0.1, 0.15) is 5.56 Å². The zero-order valence-corrected chi connectivity index (χ0v) is 10.3. The molecule has 3 rings (SSSR count). The van der Waals surface area contributed by atoms with Crippen molar-refractivity contribution in [2.45, 2.75) is 6.42 Å². The standard InChI is InChI=1S/C13H10N4O3/c18-10(19)6-9-7-14-13-15-11(16-17(13)12(9)20)8-4-2-1-3-5-8/h1-5,7H,6H2,(H,18,19)(H,14,15,16). The Morgan fingerprint density at radius 1 is 1.30 bits per heavy atom. The van der Waals surface area contributed by atoms with Gasteiger partial charge in [-0.2, -0.15) is 9.50 Å². The van der Waals surface area contributed by atoms with Gasteiger partial charge < -0.3 is 5.11 Å². The molecule has 0 aliphatic heterocycles. The van der Waals surface area contributed by atoms with Crippen molar-refractivity contribution in [3.63, 3.8) is 0 Å². The molecule has 2 N–H and O–H groups in total. The Kier molecular flexibility index (Phi) is 2.79. The molecule has 0 saturated heterocycles. The molecule has 7 heteroatoms. The van der Waals surface area contributed by atoms with Crippen molar-refractivity contribution in [2.75, 3.05) is 0 Å². The third kappa shape index (κ3) is 2.05. The monoisotopic (exact) mass is 270 g/mol. The Labute approximate surface area is 112 Å². The van der Waals surface area contributed by atoms with Crippen LogP contribution in [-0.4, -0.2) is 30.7 Å². The summed E-state index contributed by atoms with van der Waals surface area (Å²) in [7, 11) is 0. The van der Waals surface area contributed by atoms with E-state index >= 15 is 0 Å². The van der Waals surface area contributed by atoms with Crippen molar-refractivity contribution in [2.24, 2.45) is 0 Å². The molecular formula is C13H10N4O3. The number of fused-ring (bicyclic) bond motifs is 1. The molecule has 0 spiro atoms. The lowest BCUT2D eigenvalue weighted by Crippen LogP contribution is -2.21. The molecule has 0 radical (unpaired) electrons. The van der Waals surface area contributed by atoms with Gasteiger partial charge in [0.05, 0.1) is 6.42 Å². The predicted molar refractivity (Wildman–Crippen MR) is 70.4 cm³/mol. The van der Waals surface area contributed by atoms with Gasteiger partial charge in [-0.05, 0) is 0 Å². The van der Waals surface area contributed by atoms with Crippen LogP contribution in [0.3, 0.4) is 0 Å². The number of carboxylic acid groups (broad SMARTS) is 1. The summed E-state index contributed by atoms with van der Waals surface area (Å²) < 4.78 is 1.15. The number of nitrogens with zero attached hydrogens (tertiary/aromatic N) is 3. The van der Waals surface area contributed by atoms with Gasteiger partial charge in [-0.25, -0.2) is 4.98 Å². The highest BCUT2D eigenvalue weighted by Gasteiger charge is 2.12. The average molecular weight is 270 g/mol. The largest absolute Gasteiger partial charge is 0.481 e. The van der Waals surface area contributed by atoms with Crippen LogP contribution in [0.2, 0.25) is 0 Å². The van der Waals surface area contributed by atoms with E-state index in [4.69, 9.17) is 5.11 Å². The Balaban J connectivity index is 2.15. The smallest absolute Gasteiger partial charge is 0.308 e. The molecule has 20 heavy (non-hydrogen) atoms. The summed E-state index contributed by atoms with van der Waals surface area (Å²) in [5, 5.41) is 11.6. The fourth-order valence-electron chi connectivity index (χ4n) is 1.90. The van der Waals surface area contributed by atoms with Gasteiger partial charge >= 0.3 is 5.97 Å². The second-order valence-corrected chi connectivity index (χ2v) is 4.23. The van der Waals surface area contributed by atoms with Crippen LogP contribution in [0, 0.1) is 0 Å². The van der Waals surface area contributed by atoms with Crippen molar-refractivity contribution < 1.29 is 9.90 Å². The van der Waals surface area contributed by atoms with Crippen LogP contribution < -0.4 is 5.56 Å². The van der Waals surface area contributed by atoms with Crippen molar-refractivity contribution >= 4 is 11.7 Å². The highest BCUT2D eigenvalue weighted by molar-refractivity contribution is 5.70. The molecule has 2 heterocycles. The van der Waals surface area contributed by atoms with Gasteiger partial charge in [-0.1, -0.05) is 30.3 Å². The molecule has 0 unspecified atom stereocenters. The van der Waals surface area contributed by atoms with E-state index in [0.717, 1.165) is 10.1 Å². The Morgan fingerprint density at radius 2 is 2.05 bits per heavy atom. The van der Waals surface area contributed by atoms with E-state index in [1.54, 1.807) is 0 Å². The summed E-state index contributed by atoms with van der Waals surface area (Å²) >= 11 is 0. The van der Waals surface area contributed by atoms with E-state index in [-0.39, 0.29) is 17.8 Å². The van der Waals surface area contributed by atoms with E-state index < -0.39 is 11.5 Å². The van der Waals surface area contributed by atoms with Gasteiger partial charge in [0.15, 0.2) is 5.82 Å². The number of nitrogens with one attached hydrogen (secondary N) is 1. The summed E-state index contributed by atoms with van der Waals surface area (Å²) in [4.78, 5) is 31.0. The maximum Gasteiger partial charge on any atom is 0.308 e. The molecule has 3 aromatic rings. The van der Waals surface area contributed by atoms with Crippen LogP contribution in [-0.2, 0) is 11.2 Å². The lowest BCUT2D eigenvalue weighted by atomic mass is 10.2. The average Bonchev–Trinajstić information content (AvgIpc) is 2.87. The van der Waals surface area contributed by atoms with Crippen LogP contribution >= 0.6 is 0 Å². The topological polar surface area (TPSA) is 100 Å². The predicted octanol–water partition coefficient (Wildman–Crippen LogP) is 0.712. The van der Waals surface area contributed by atoms with Gasteiger partial charge in [0, 0.05) is 17.3 Å². The van der Waals surface area contributed by atoms with Gasteiger partial charge in [-0.3, -0.25) is 14.7 Å². The van der Waals surface area contributed by atoms with Crippen molar-refractivity contribution in [3.8, 4) is 11.4 Å². The second kappa shape index (κ2) is 4.61. The maximum atomic E-state index is 12.1. The Hall–Kier alpha value is -2.96. The first kappa shape index (κ1) is 12.1. The van der Waals surface area contributed by atoms with Gasteiger partial charge in [-0.15, -0.1) is 0 Å². The molecule has 7 nitrogen and oxygen atoms in total. The third-order valence-electron chi connectivity index (χ3n) is 2.83. The fraction of sp³-hybridized carbons (Fsp3) is 0.0769. The number of carboxylic acids is 1. The second-order valence-electron chi connectivity index (χ2n) is 4.23. The molecule has 0 aliphatic carbocycles. The molecule has 0 saturated carbocycles. The first-order chi connectivity index (χ1) is 9.65. The minimum atomic E-state index is -1.08. The number of aromatic amines is 1. The maximum absolute atomic E-state index is 12.1. The first-order valence-corrected chi connectivity index (χ1v) is 5.89. The van der Waals surface area contributed by atoms with Crippen molar-refractivity contribution in [1.29, 1.82) is 0 Å². The molecular weight excluding hydrogens is 260 g/mol. The summed E-state index contributed by atoms with van der Waals surface area (Å²) in [6, 6.07) is 9.28. The van der Waals surface area contributed by atoms with Crippen LogP contribution in [0.5, 0.6) is 0 Å². The van der Waals surface area contributed by atoms with E-state index in [1.807, 2.05) is 30.3 Å². The number of rotatable bonds is 3. The molecule has 2 aromatic heterocycles. The number of H-pyrrole nitrogens is 1. The number of hydrogen-bond donors (Lipinski definition) is 2. The highest BCUT2D eigenvalue weighted by Crippen LogP contribution is 2.13. The first-order valence-electron chi connectivity index (χ1n) is 5.89. The molecule has 0 amide bonds. The van der Waals surface area contributed by atoms with Crippen molar-refractivity contribution in [1.82, 2.24) is 19.6 Å². The zero-order chi connectivity index (χ0) is 14.1. The van der Waals surface area contributed by atoms with E-state index in [2.05, 4.69) is 15.1 Å². The third-order valence-corrected chi connectivity index (χ3v) is 2.83. The number of hydrogen-bond acceptors (Lipinski definition) is 4.